The van der Waals surface area contributed by atoms with Crippen LogP contribution in [0.15, 0.2) is 0 Å². The number of hydrogen-bond donors (Lipinski definition) is 2. The third-order valence-electron chi connectivity index (χ3n) is 4.73. The summed E-state index contributed by atoms with van der Waals surface area (Å²) >= 11 is 0. The molecule has 102 valence electrons. The van der Waals surface area contributed by atoms with Crippen LogP contribution < -0.4 is 11.1 Å². The Morgan fingerprint density at radius 2 is 1.94 bits per heavy atom. The van der Waals surface area contributed by atoms with Crippen LogP contribution in [-0.4, -0.2) is 18.6 Å². The van der Waals surface area contributed by atoms with Gasteiger partial charge in [0.25, 0.3) is 0 Å². The Morgan fingerprint density at radius 1 is 1.29 bits per heavy atom. The average Bonchev–Trinajstić information content (AvgIpc) is 3.18. The summed E-state index contributed by atoms with van der Waals surface area (Å²) < 4.78 is 0. The van der Waals surface area contributed by atoms with E-state index < -0.39 is 0 Å². The third kappa shape index (κ3) is 4.59. The summed E-state index contributed by atoms with van der Waals surface area (Å²) in [5.74, 6) is 2.57. The maximum absolute atomic E-state index is 6.04. The van der Waals surface area contributed by atoms with E-state index in [0.29, 0.717) is 0 Å². The summed E-state index contributed by atoms with van der Waals surface area (Å²) in [6.07, 6.45) is 6.49. The first-order chi connectivity index (χ1) is 8.06. The van der Waals surface area contributed by atoms with E-state index in [0.717, 1.165) is 37.3 Å². The predicted molar refractivity (Wildman–Crippen MR) is 76.0 cm³/mol. The highest BCUT2D eigenvalue weighted by atomic mass is 15.0. The molecule has 0 aromatic carbocycles. The van der Waals surface area contributed by atoms with Gasteiger partial charge in [-0.15, -0.1) is 0 Å². The first-order valence-electron chi connectivity index (χ1n) is 7.52. The summed E-state index contributed by atoms with van der Waals surface area (Å²) in [6, 6.07) is 0. The first kappa shape index (κ1) is 15.0. The molecule has 0 aromatic rings. The van der Waals surface area contributed by atoms with Crippen molar-refractivity contribution in [3.8, 4) is 0 Å². The molecule has 0 heterocycles. The largest absolute Gasteiger partial charge is 0.329 e. The van der Waals surface area contributed by atoms with E-state index in [1.165, 1.54) is 25.7 Å². The SMILES string of the molecule is CCC(C)CC(CC)(CN)NCC(C)C1CC1. The first-order valence-corrected chi connectivity index (χ1v) is 7.52. The van der Waals surface area contributed by atoms with Crippen LogP contribution in [0.3, 0.4) is 0 Å². The van der Waals surface area contributed by atoms with Gasteiger partial charge >= 0.3 is 0 Å². The maximum atomic E-state index is 6.04. The molecule has 3 N–H and O–H groups in total. The highest BCUT2D eigenvalue weighted by Gasteiger charge is 2.32. The van der Waals surface area contributed by atoms with Crippen molar-refractivity contribution in [2.24, 2.45) is 23.5 Å². The molecular formula is C15H32N2. The van der Waals surface area contributed by atoms with E-state index >= 15 is 0 Å². The lowest BCUT2D eigenvalue weighted by Crippen LogP contribution is -2.53. The number of nitrogens with one attached hydrogen (secondary N) is 1. The Labute approximate surface area is 108 Å². The van der Waals surface area contributed by atoms with Crippen LogP contribution in [0.4, 0.5) is 0 Å². The predicted octanol–water partition coefficient (Wildman–Crippen LogP) is 3.17. The molecule has 2 nitrogen and oxygen atoms in total. The second kappa shape index (κ2) is 6.75. The lowest BCUT2D eigenvalue weighted by molar-refractivity contribution is 0.238. The summed E-state index contributed by atoms with van der Waals surface area (Å²) in [6.45, 7) is 11.2. The van der Waals surface area contributed by atoms with Crippen LogP contribution in [-0.2, 0) is 0 Å². The summed E-state index contributed by atoms with van der Waals surface area (Å²) in [5, 5.41) is 3.79. The van der Waals surface area contributed by atoms with Crippen molar-refractivity contribution in [3.05, 3.63) is 0 Å². The quantitative estimate of drug-likeness (QED) is 0.649. The third-order valence-corrected chi connectivity index (χ3v) is 4.73. The van der Waals surface area contributed by atoms with E-state index in [4.69, 9.17) is 5.73 Å². The Balaban J connectivity index is 2.44. The molecule has 0 radical (unpaired) electrons. The Kier molecular flexibility index (Phi) is 5.94. The monoisotopic (exact) mass is 240 g/mol. The summed E-state index contributed by atoms with van der Waals surface area (Å²) in [4.78, 5) is 0. The van der Waals surface area contributed by atoms with E-state index in [1.807, 2.05) is 0 Å². The van der Waals surface area contributed by atoms with Gasteiger partial charge in [-0.2, -0.15) is 0 Å². The van der Waals surface area contributed by atoms with Crippen LogP contribution in [0.2, 0.25) is 0 Å². The fourth-order valence-corrected chi connectivity index (χ4v) is 2.66. The maximum Gasteiger partial charge on any atom is 0.0304 e. The highest BCUT2D eigenvalue weighted by Crippen LogP contribution is 2.36. The van der Waals surface area contributed by atoms with Gasteiger partial charge in [-0.3, -0.25) is 0 Å². The minimum atomic E-state index is 0.179. The van der Waals surface area contributed by atoms with Gasteiger partial charge in [0.15, 0.2) is 0 Å². The van der Waals surface area contributed by atoms with Crippen LogP contribution in [0.1, 0.15) is 59.8 Å². The fourth-order valence-electron chi connectivity index (χ4n) is 2.66. The second-order valence-corrected chi connectivity index (χ2v) is 6.25. The topological polar surface area (TPSA) is 38.0 Å². The second-order valence-electron chi connectivity index (χ2n) is 6.25. The van der Waals surface area contributed by atoms with Crippen molar-refractivity contribution in [2.45, 2.75) is 65.3 Å². The van der Waals surface area contributed by atoms with Crippen LogP contribution in [0.5, 0.6) is 0 Å². The molecule has 0 spiro atoms. The zero-order valence-corrected chi connectivity index (χ0v) is 12.3. The molecule has 3 atom stereocenters. The molecule has 1 aliphatic rings. The van der Waals surface area contributed by atoms with Gasteiger partial charge in [0.05, 0.1) is 0 Å². The van der Waals surface area contributed by atoms with Crippen molar-refractivity contribution < 1.29 is 0 Å². The molecule has 0 saturated heterocycles. The number of rotatable bonds is 9. The van der Waals surface area contributed by atoms with Gasteiger partial charge < -0.3 is 11.1 Å². The standard InChI is InChI=1S/C15H32N2/c1-5-12(3)9-15(6-2,11-16)17-10-13(4)14-7-8-14/h12-14,17H,5-11,16H2,1-4H3. The minimum Gasteiger partial charge on any atom is -0.329 e. The molecule has 1 rings (SSSR count). The zero-order valence-electron chi connectivity index (χ0n) is 12.3. The van der Waals surface area contributed by atoms with Crippen molar-refractivity contribution in [1.29, 1.82) is 0 Å². The van der Waals surface area contributed by atoms with Crippen LogP contribution in [0, 0.1) is 17.8 Å². The average molecular weight is 240 g/mol. The van der Waals surface area contributed by atoms with Gasteiger partial charge in [0, 0.05) is 12.1 Å². The molecule has 0 amide bonds. The molecule has 0 aromatic heterocycles. The minimum absolute atomic E-state index is 0.179. The molecule has 17 heavy (non-hydrogen) atoms. The van der Waals surface area contributed by atoms with Crippen molar-refractivity contribution in [3.63, 3.8) is 0 Å². The number of hydrogen-bond acceptors (Lipinski definition) is 2. The Hall–Kier alpha value is -0.0800. The molecule has 1 saturated carbocycles. The molecule has 2 heteroatoms. The normalized spacial score (nSPS) is 23.1. The molecule has 0 bridgehead atoms. The summed E-state index contributed by atoms with van der Waals surface area (Å²) in [7, 11) is 0. The van der Waals surface area contributed by atoms with E-state index in [1.54, 1.807) is 0 Å². The van der Waals surface area contributed by atoms with E-state index in [-0.39, 0.29) is 5.54 Å². The van der Waals surface area contributed by atoms with Crippen molar-refractivity contribution in [1.82, 2.24) is 5.32 Å². The summed E-state index contributed by atoms with van der Waals surface area (Å²) in [5.41, 5.74) is 6.22. The van der Waals surface area contributed by atoms with Crippen molar-refractivity contribution in [2.75, 3.05) is 13.1 Å². The fraction of sp³-hybridized carbons (Fsp3) is 1.00. The van der Waals surface area contributed by atoms with Gasteiger partial charge in [-0.05, 0) is 50.0 Å². The van der Waals surface area contributed by atoms with E-state index in [9.17, 15) is 0 Å². The lowest BCUT2D eigenvalue weighted by atomic mass is 9.84. The van der Waals surface area contributed by atoms with Gasteiger partial charge in [0.2, 0.25) is 0 Å². The molecule has 0 aliphatic heterocycles. The number of nitrogens with two attached hydrogens (primary N) is 1. The van der Waals surface area contributed by atoms with Crippen molar-refractivity contribution >= 4 is 0 Å². The Bertz CT molecular complexity index is 207. The molecule has 1 aliphatic carbocycles. The zero-order chi connectivity index (χ0) is 12.9. The highest BCUT2D eigenvalue weighted by molar-refractivity contribution is 4.91. The lowest BCUT2D eigenvalue weighted by Gasteiger charge is -2.36. The molecule has 1 fully saturated rings. The molecular weight excluding hydrogens is 208 g/mol. The van der Waals surface area contributed by atoms with Crippen LogP contribution in [0.25, 0.3) is 0 Å². The van der Waals surface area contributed by atoms with Gasteiger partial charge in [-0.1, -0.05) is 34.1 Å². The van der Waals surface area contributed by atoms with Gasteiger partial charge in [0.1, 0.15) is 0 Å². The smallest absolute Gasteiger partial charge is 0.0304 e. The van der Waals surface area contributed by atoms with Gasteiger partial charge in [-0.25, -0.2) is 0 Å². The molecule has 3 unspecified atom stereocenters. The van der Waals surface area contributed by atoms with Crippen LogP contribution >= 0.6 is 0 Å². The Morgan fingerprint density at radius 3 is 2.35 bits per heavy atom. The van der Waals surface area contributed by atoms with E-state index in [2.05, 4.69) is 33.0 Å².